The molecular formula is C12H15F2N. The number of alkyl halides is 2. The molecule has 1 nitrogen and oxygen atoms in total. The Morgan fingerprint density at radius 1 is 1.27 bits per heavy atom. The number of fused-ring (bicyclic) bond motifs is 1. The van der Waals surface area contributed by atoms with Gasteiger partial charge in [-0.25, -0.2) is 8.78 Å². The first-order valence-corrected chi connectivity index (χ1v) is 5.21. The molecule has 2 rings (SSSR count). The van der Waals surface area contributed by atoms with E-state index in [1.807, 2.05) is 12.1 Å². The third-order valence-corrected chi connectivity index (χ3v) is 3.17. The first-order chi connectivity index (χ1) is 7.01. The average molecular weight is 211 g/mol. The molecule has 0 heterocycles. The molecule has 1 aromatic carbocycles. The van der Waals surface area contributed by atoms with Gasteiger partial charge in [0.05, 0.1) is 5.54 Å². The summed E-state index contributed by atoms with van der Waals surface area (Å²) in [7, 11) is 0. The molecule has 0 bridgehead atoms. The maximum Gasteiger partial charge on any atom is 0.260 e. The van der Waals surface area contributed by atoms with E-state index < -0.39 is 12.0 Å². The minimum atomic E-state index is -2.53. The van der Waals surface area contributed by atoms with Gasteiger partial charge in [0.15, 0.2) is 0 Å². The van der Waals surface area contributed by atoms with E-state index in [0.717, 1.165) is 19.3 Å². The Balaban J connectivity index is 2.38. The van der Waals surface area contributed by atoms with Crippen LogP contribution in [0.3, 0.4) is 0 Å². The molecular weight excluding hydrogens is 196 g/mol. The molecule has 2 N–H and O–H groups in total. The molecule has 0 amide bonds. The Labute approximate surface area is 88.3 Å². The summed E-state index contributed by atoms with van der Waals surface area (Å²) in [6, 6.07) is 5.51. The maximum atomic E-state index is 12.7. The molecule has 0 saturated heterocycles. The summed E-state index contributed by atoms with van der Waals surface area (Å²) < 4.78 is 25.5. The molecule has 1 aliphatic carbocycles. The van der Waals surface area contributed by atoms with Crippen LogP contribution in [0.15, 0.2) is 18.2 Å². The second kappa shape index (κ2) is 3.56. The summed E-state index contributed by atoms with van der Waals surface area (Å²) in [6.07, 6.45) is 0.639. The third-order valence-electron chi connectivity index (χ3n) is 3.17. The van der Waals surface area contributed by atoms with Gasteiger partial charge in [-0.15, -0.1) is 0 Å². The van der Waals surface area contributed by atoms with Crippen LogP contribution in [0, 0.1) is 0 Å². The van der Waals surface area contributed by atoms with Crippen molar-refractivity contribution in [1.82, 2.24) is 0 Å². The normalized spacial score (nSPS) is 19.0. The van der Waals surface area contributed by atoms with Crippen LogP contribution in [-0.4, -0.2) is 6.43 Å². The highest BCUT2D eigenvalue weighted by Crippen LogP contribution is 2.30. The molecule has 3 heteroatoms. The minimum Gasteiger partial charge on any atom is -0.317 e. The topological polar surface area (TPSA) is 26.0 Å². The van der Waals surface area contributed by atoms with Crippen LogP contribution in [-0.2, 0) is 18.4 Å². The zero-order valence-corrected chi connectivity index (χ0v) is 8.76. The molecule has 1 unspecified atom stereocenters. The Morgan fingerprint density at radius 2 is 1.93 bits per heavy atom. The smallest absolute Gasteiger partial charge is 0.260 e. The molecule has 0 radical (unpaired) electrons. The highest BCUT2D eigenvalue weighted by molar-refractivity contribution is 5.38. The van der Waals surface area contributed by atoms with Gasteiger partial charge in [0, 0.05) is 0 Å². The zero-order valence-electron chi connectivity index (χ0n) is 8.76. The van der Waals surface area contributed by atoms with Crippen LogP contribution in [0.25, 0.3) is 0 Å². The van der Waals surface area contributed by atoms with Crippen LogP contribution in [0.2, 0.25) is 0 Å². The minimum absolute atomic E-state index is 0.540. The standard InChI is InChI=1S/C12H15F2N/c1-12(15,11(13)14)10-6-5-8-3-2-4-9(8)7-10/h5-7,11H,2-4,15H2,1H3. The molecule has 0 aromatic heterocycles. The maximum absolute atomic E-state index is 12.7. The van der Waals surface area contributed by atoms with Crippen LogP contribution in [0.5, 0.6) is 0 Å². The molecule has 1 aromatic rings. The van der Waals surface area contributed by atoms with E-state index in [-0.39, 0.29) is 0 Å². The summed E-state index contributed by atoms with van der Waals surface area (Å²) in [5.41, 5.74) is 7.10. The molecule has 1 aliphatic rings. The largest absolute Gasteiger partial charge is 0.317 e. The van der Waals surface area contributed by atoms with E-state index in [9.17, 15) is 8.78 Å². The molecule has 0 spiro atoms. The second-order valence-electron chi connectivity index (χ2n) is 4.42. The summed E-state index contributed by atoms with van der Waals surface area (Å²) in [4.78, 5) is 0. The van der Waals surface area contributed by atoms with Crippen molar-refractivity contribution in [3.8, 4) is 0 Å². The number of aryl methyl sites for hydroxylation is 2. The second-order valence-corrected chi connectivity index (χ2v) is 4.42. The van der Waals surface area contributed by atoms with E-state index >= 15 is 0 Å². The first-order valence-electron chi connectivity index (χ1n) is 5.21. The quantitative estimate of drug-likeness (QED) is 0.799. The molecule has 0 saturated carbocycles. The van der Waals surface area contributed by atoms with Crippen molar-refractivity contribution in [2.45, 2.75) is 38.2 Å². The summed E-state index contributed by atoms with van der Waals surface area (Å²) >= 11 is 0. The number of rotatable bonds is 2. The molecule has 15 heavy (non-hydrogen) atoms. The summed E-state index contributed by atoms with van der Waals surface area (Å²) in [5, 5.41) is 0. The lowest BCUT2D eigenvalue weighted by Crippen LogP contribution is -2.40. The van der Waals surface area contributed by atoms with Gasteiger partial charge >= 0.3 is 0 Å². The first kappa shape index (κ1) is 10.6. The van der Waals surface area contributed by atoms with Crippen molar-refractivity contribution in [2.75, 3.05) is 0 Å². The fourth-order valence-electron chi connectivity index (χ4n) is 2.03. The highest BCUT2D eigenvalue weighted by atomic mass is 19.3. The van der Waals surface area contributed by atoms with E-state index in [1.165, 1.54) is 18.1 Å². The molecule has 1 atom stereocenters. The Morgan fingerprint density at radius 3 is 2.60 bits per heavy atom. The van der Waals surface area contributed by atoms with Gasteiger partial charge in [0.2, 0.25) is 0 Å². The third kappa shape index (κ3) is 1.76. The van der Waals surface area contributed by atoms with Crippen LogP contribution < -0.4 is 5.73 Å². The van der Waals surface area contributed by atoms with Gasteiger partial charge in [-0.3, -0.25) is 0 Å². The molecule has 82 valence electrons. The lowest BCUT2D eigenvalue weighted by atomic mass is 9.91. The Kier molecular flexibility index (Phi) is 2.51. The average Bonchev–Trinajstić information content (AvgIpc) is 2.63. The number of benzene rings is 1. The van der Waals surface area contributed by atoms with Crippen molar-refractivity contribution in [3.05, 3.63) is 34.9 Å². The predicted molar refractivity (Wildman–Crippen MR) is 56.0 cm³/mol. The number of hydrogen-bond acceptors (Lipinski definition) is 1. The Bertz CT molecular complexity index is 372. The lowest BCUT2D eigenvalue weighted by Gasteiger charge is -2.24. The van der Waals surface area contributed by atoms with Gasteiger partial charge in [-0.2, -0.15) is 0 Å². The monoisotopic (exact) mass is 211 g/mol. The van der Waals surface area contributed by atoms with Crippen molar-refractivity contribution in [3.63, 3.8) is 0 Å². The predicted octanol–water partition coefficient (Wildman–Crippen LogP) is 2.61. The zero-order chi connectivity index (χ0) is 11.1. The van der Waals surface area contributed by atoms with Crippen LogP contribution in [0.1, 0.15) is 30.0 Å². The SMILES string of the molecule is CC(N)(c1ccc2c(c1)CCC2)C(F)F. The van der Waals surface area contributed by atoms with E-state index in [0.29, 0.717) is 5.56 Å². The van der Waals surface area contributed by atoms with Crippen molar-refractivity contribution >= 4 is 0 Å². The summed E-state index contributed by atoms with van der Waals surface area (Å²) in [5.74, 6) is 0. The van der Waals surface area contributed by atoms with Crippen molar-refractivity contribution in [1.29, 1.82) is 0 Å². The Hall–Kier alpha value is -0.960. The van der Waals surface area contributed by atoms with E-state index in [2.05, 4.69) is 0 Å². The van der Waals surface area contributed by atoms with E-state index in [4.69, 9.17) is 5.73 Å². The van der Waals surface area contributed by atoms with Gasteiger partial charge in [-0.1, -0.05) is 18.2 Å². The lowest BCUT2D eigenvalue weighted by molar-refractivity contribution is 0.0625. The van der Waals surface area contributed by atoms with Crippen molar-refractivity contribution in [2.24, 2.45) is 5.73 Å². The van der Waals surface area contributed by atoms with Gasteiger partial charge in [0.25, 0.3) is 6.43 Å². The van der Waals surface area contributed by atoms with E-state index in [1.54, 1.807) is 6.07 Å². The molecule has 0 fully saturated rings. The van der Waals surface area contributed by atoms with Gasteiger partial charge in [0.1, 0.15) is 0 Å². The van der Waals surface area contributed by atoms with Crippen LogP contribution >= 0.6 is 0 Å². The number of halogens is 2. The fraction of sp³-hybridized carbons (Fsp3) is 0.500. The number of hydrogen-bond donors (Lipinski definition) is 1. The molecule has 0 aliphatic heterocycles. The number of nitrogens with two attached hydrogens (primary N) is 1. The fourth-order valence-corrected chi connectivity index (χ4v) is 2.03. The van der Waals surface area contributed by atoms with Gasteiger partial charge < -0.3 is 5.73 Å². The summed E-state index contributed by atoms with van der Waals surface area (Å²) in [6.45, 7) is 1.38. The van der Waals surface area contributed by atoms with Crippen LogP contribution in [0.4, 0.5) is 8.78 Å². The van der Waals surface area contributed by atoms with Crippen molar-refractivity contribution < 1.29 is 8.78 Å². The highest BCUT2D eigenvalue weighted by Gasteiger charge is 2.32. The van der Waals surface area contributed by atoms with Gasteiger partial charge in [-0.05, 0) is 42.9 Å².